The second kappa shape index (κ2) is 16.0. The summed E-state index contributed by atoms with van der Waals surface area (Å²) >= 11 is 0. The molecule has 0 bridgehead atoms. The van der Waals surface area contributed by atoms with Gasteiger partial charge in [0.05, 0.1) is 5.56 Å². The number of phenolic OH excluding ortho intramolecular Hbond substituents is 2. The Kier molecular flexibility index (Phi) is 11.2. The van der Waals surface area contributed by atoms with Gasteiger partial charge < -0.3 is 31.1 Å². The van der Waals surface area contributed by atoms with Crippen molar-refractivity contribution in [3.05, 3.63) is 82.7 Å². The highest BCUT2D eigenvalue weighted by atomic mass is 16.3. The molecule has 0 saturated carbocycles. The van der Waals surface area contributed by atoms with Crippen molar-refractivity contribution in [2.24, 2.45) is 5.92 Å². The molecule has 0 radical (unpaired) electrons. The number of carbonyl (C=O) groups is 6. The second-order valence-electron chi connectivity index (χ2n) is 14.5. The summed E-state index contributed by atoms with van der Waals surface area (Å²) in [7, 11) is 0. The minimum absolute atomic E-state index is 0.00637. The number of nitrogens with zero attached hydrogens (tertiary/aromatic N) is 4. The molecule has 2 unspecified atom stereocenters. The molecule has 3 aromatic carbocycles. The molecular weight excluding hydrogens is 720 g/mol. The van der Waals surface area contributed by atoms with Gasteiger partial charge in [0.25, 0.3) is 17.7 Å². The molecule has 1 saturated heterocycles. The fourth-order valence-electron chi connectivity index (χ4n) is 6.95. The Morgan fingerprint density at radius 3 is 2.32 bits per heavy atom. The van der Waals surface area contributed by atoms with Gasteiger partial charge in [0.2, 0.25) is 23.5 Å². The van der Waals surface area contributed by atoms with Crippen molar-refractivity contribution in [2.45, 2.75) is 78.4 Å². The van der Waals surface area contributed by atoms with Crippen LogP contribution in [0.1, 0.15) is 102 Å². The van der Waals surface area contributed by atoms with Gasteiger partial charge in [-0.05, 0) is 79.6 Å². The van der Waals surface area contributed by atoms with E-state index in [2.05, 4.69) is 31.5 Å². The standard InChI is InChI=1S/C40H44N8O8/c1-6-41-39(55)35-46-45-34(26-17-25(21(4)5)31(49)18-32(26)50)48(35)23-12-10-22(11-13-23)36(52)43-29(16-20(2)3)37(53)42-28-9-7-8-24-27(28)19-47(40(24)56)30-14-15-33(51)44-38(30)54/h7-13,17-18,20-21,29-30,49-50H,6,14-16,19H2,1-5H3,(H,41,55)(H,42,53)(H,43,52)(H,44,51,54). The molecule has 6 amide bonds. The van der Waals surface area contributed by atoms with Crippen LogP contribution in [0.4, 0.5) is 5.69 Å². The number of imide groups is 1. The van der Waals surface area contributed by atoms with Crippen molar-refractivity contribution in [1.29, 1.82) is 0 Å². The molecule has 2 atom stereocenters. The molecule has 6 N–H and O–H groups in total. The first kappa shape index (κ1) is 39.1. The fraction of sp³-hybridized carbons (Fsp3) is 0.350. The van der Waals surface area contributed by atoms with Crippen LogP contribution in [0.15, 0.2) is 54.6 Å². The van der Waals surface area contributed by atoms with Crippen molar-refractivity contribution in [2.75, 3.05) is 11.9 Å². The lowest BCUT2D eigenvalue weighted by Gasteiger charge is -2.29. The highest BCUT2D eigenvalue weighted by molar-refractivity contribution is 6.07. The normalized spacial score (nSPS) is 15.8. The van der Waals surface area contributed by atoms with Crippen LogP contribution < -0.4 is 21.3 Å². The van der Waals surface area contributed by atoms with E-state index in [1.807, 2.05) is 27.7 Å². The summed E-state index contributed by atoms with van der Waals surface area (Å²) in [5.41, 5.74) is 2.64. The lowest BCUT2D eigenvalue weighted by molar-refractivity contribution is -0.137. The molecule has 1 aromatic heterocycles. The SMILES string of the molecule is CCNC(=O)c1nnc(-c2cc(C(C)C)c(O)cc2O)n1-c1ccc(C(=O)NC(CC(C)C)C(=O)Nc2cccc3c2CN(C2CCC(=O)NC2=O)C3=O)cc1. The van der Waals surface area contributed by atoms with E-state index in [4.69, 9.17) is 0 Å². The third-order valence-corrected chi connectivity index (χ3v) is 9.77. The number of carbonyl (C=O) groups excluding carboxylic acids is 6. The van der Waals surface area contributed by atoms with Crippen LogP contribution in [0, 0.1) is 5.92 Å². The number of benzene rings is 3. The fourth-order valence-corrected chi connectivity index (χ4v) is 6.95. The summed E-state index contributed by atoms with van der Waals surface area (Å²) in [5, 5.41) is 40.3. The first-order valence-corrected chi connectivity index (χ1v) is 18.5. The van der Waals surface area contributed by atoms with Crippen molar-refractivity contribution in [3.63, 3.8) is 0 Å². The maximum absolute atomic E-state index is 13.8. The molecule has 4 aromatic rings. The van der Waals surface area contributed by atoms with Gasteiger partial charge in [-0.2, -0.15) is 0 Å². The minimum atomic E-state index is -0.970. The van der Waals surface area contributed by atoms with Gasteiger partial charge in [-0.1, -0.05) is 33.8 Å². The van der Waals surface area contributed by atoms with Gasteiger partial charge in [-0.25, -0.2) is 0 Å². The predicted molar refractivity (Wildman–Crippen MR) is 204 cm³/mol. The Hall–Kier alpha value is -6.58. The summed E-state index contributed by atoms with van der Waals surface area (Å²) in [4.78, 5) is 79.5. The van der Waals surface area contributed by atoms with Crippen LogP contribution in [0.25, 0.3) is 17.1 Å². The lowest BCUT2D eigenvalue weighted by Crippen LogP contribution is -2.52. The molecule has 16 heteroatoms. The molecule has 2 aliphatic heterocycles. The number of amides is 6. The first-order chi connectivity index (χ1) is 26.7. The number of rotatable bonds is 12. The third kappa shape index (κ3) is 7.80. The molecule has 3 heterocycles. The van der Waals surface area contributed by atoms with E-state index >= 15 is 0 Å². The van der Waals surface area contributed by atoms with Crippen LogP contribution in [0.2, 0.25) is 0 Å². The number of anilines is 1. The van der Waals surface area contributed by atoms with E-state index in [9.17, 15) is 39.0 Å². The number of fused-ring (bicyclic) bond motifs is 1. The van der Waals surface area contributed by atoms with E-state index < -0.39 is 35.7 Å². The zero-order chi connectivity index (χ0) is 40.4. The van der Waals surface area contributed by atoms with E-state index in [1.165, 1.54) is 27.7 Å². The van der Waals surface area contributed by atoms with Gasteiger partial charge >= 0.3 is 0 Å². The summed E-state index contributed by atoms with van der Waals surface area (Å²) in [5.74, 6) is -3.25. The number of aromatic nitrogens is 3. The Balaban J connectivity index is 1.23. The maximum Gasteiger partial charge on any atom is 0.289 e. The highest BCUT2D eigenvalue weighted by Gasteiger charge is 2.40. The number of hydrogen-bond acceptors (Lipinski definition) is 10. The summed E-state index contributed by atoms with van der Waals surface area (Å²) < 4.78 is 1.45. The molecule has 1 fully saturated rings. The van der Waals surface area contributed by atoms with Gasteiger partial charge in [0.1, 0.15) is 23.6 Å². The summed E-state index contributed by atoms with van der Waals surface area (Å²) in [6, 6.07) is 12.1. The van der Waals surface area contributed by atoms with Gasteiger partial charge in [0, 0.05) is 53.6 Å². The predicted octanol–water partition coefficient (Wildman–Crippen LogP) is 3.76. The van der Waals surface area contributed by atoms with E-state index in [1.54, 1.807) is 43.3 Å². The van der Waals surface area contributed by atoms with E-state index in [0.29, 0.717) is 41.0 Å². The minimum Gasteiger partial charge on any atom is -0.508 e. The average Bonchev–Trinajstić information content (AvgIpc) is 3.73. The van der Waals surface area contributed by atoms with Crippen LogP contribution in [0.3, 0.4) is 0 Å². The number of aromatic hydroxyl groups is 2. The summed E-state index contributed by atoms with van der Waals surface area (Å²) in [6.07, 6.45) is 0.606. The molecule has 2 aliphatic rings. The molecule has 56 heavy (non-hydrogen) atoms. The van der Waals surface area contributed by atoms with Crippen LogP contribution >= 0.6 is 0 Å². The van der Waals surface area contributed by atoms with Crippen LogP contribution in [-0.4, -0.2) is 83.9 Å². The van der Waals surface area contributed by atoms with Crippen molar-refractivity contribution in [1.82, 2.24) is 35.6 Å². The zero-order valence-corrected chi connectivity index (χ0v) is 31.7. The Morgan fingerprint density at radius 1 is 0.929 bits per heavy atom. The van der Waals surface area contributed by atoms with Gasteiger partial charge in [0.15, 0.2) is 5.82 Å². The third-order valence-electron chi connectivity index (χ3n) is 9.77. The monoisotopic (exact) mass is 764 g/mol. The van der Waals surface area contributed by atoms with Gasteiger partial charge in [-0.15, -0.1) is 10.2 Å². The van der Waals surface area contributed by atoms with Crippen molar-refractivity contribution < 1.29 is 39.0 Å². The largest absolute Gasteiger partial charge is 0.508 e. The molecule has 0 aliphatic carbocycles. The molecule has 292 valence electrons. The van der Waals surface area contributed by atoms with Crippen molar-refractivity contribution in [3.8, 4) is 28.6 Å². The Bertz CT molecular complexity index is 2230. The van der Waals surface area contributed by atoms with E-state index in [0.717, 1.165) is 0 Å². The maximum atomic E-state index is 13.8. The molecule has 0 spiro atoms. The molecular formula is C40H44N8O8. The molecule has 16 nitrogen and oxygen atoms in total. The topological polar surface area (TPSA) is 225 Å². The average molecular weight is 765 g/mol. The number of nitrogens with one attached hydrogen (secondary N) is 4. The Labute approximate surface area is 322 Å². The van der Waals surface area contributed by atoms with Crippen LogP contribution in [0.5, 0.6) is 11.5 Å². The van der Waals surface area contributed by atoms with Crippen molar-refractivity contribution >= 4 is 41.1 Å². The highest BCUT2D eigenvalue weighted by Crippen LogP contribution is 2.38. The zero-order valence-electron chi connectivity index (χ0n) is 31.7. The van der Waals surface area contributed by atoms with Crippen LogP contribution in [-0.2, 0) is 20.9 Å². The number of piperidine rings is 1. The first-order valence-electron chi connectivity index (χ1n) is 18.5. The van der Waals surface area contributed by atoms with E-state index in [-0.39, 0.29) is 77.3 Å². The Morgan fingerprint density at radius 2 is 1.66 bits per heavy atom. The lowest BCUT2D eigenvalue weighted by atomic mass is 9.98. The smallest absolute Gasteiger partial charge is 0.289 e. The summed E-state index contributed by atoms with van der Waals surface area (Å²) in [6.45, 7) is 9.73. The quantitative estimate of drug-likeness (QED) is 0.115. The second-order valence-corrected chi connectivity index (χ2v) is 14.5. The number of hydrogen-bond donors (Lipinski definition) is 6. The number of phenols is 2. The molecule has 6 rings (SSSR count). The van der Waals surface area contributed by atoms with Gasteiger partial charge in [-0.3, -0.25) is 38.7 Å².